The van der Waals surface area contributed by atoms with Gasteiger partial charge in [0.25, 0.3) is 0 Å². The van der Waals surface area contributed by atoms with Crippen LogP contribution in [-0.2, 0) is 14.3 Å². The van der Waals surface area contributed by atoms with Crippen molar-refractivity contribution < 1.29 is 67.0 Å². The summed E-state index contributed by atoms with van der Waals surface area (Å²) in [4.78, 5) is 21.3. The fraction of sp³-hybridized carbons (Fsp3) is 0.867. The predicted octanol–water partition coefficient (Wildman–Crippen LogP) is 6.89. The van der Waals surface area contributed by atoms with Gasteiger partial charge >= 0.3 is 30.5 Å². The first-order valence-corrected chi connectivity index (χ1v) is 9.39. The third-order valence-electron chi connectivity index (χ3n) is 3.24. The van der Waals surface area contributed by atoms with Gasteiger partial charge in [-0.25, -0.2) is 4.74 Å². The summed E-state index contributed by atoms with van der Waals surface area (Å²) in [5.74, 6) is -16.3. The molecule has 0 saturated heterocycles. The second-order valence-electron chi connectivity index (χ2n) is 5.85. The van der Waals surface area contributed by atoms with Gasteiger partial charge < -0.3 is 0 Å². The van der Waals surface area contributed by atoms with Crippen molar-refractivity contribution in [2.75, 3.05) is 11.8 Å². The lowest BCUT2D eigenvalue weighted by Crippen LogP contribution is -2.56. The summed E-state index contributed by atoms with van der Waals surface area (Å²) in [5.41, 5.74) is 0. The van der Waals surface area contributed by atoms with E-state index in [1.165, 1.54) is 0 Å². The van der Waals surface area contributed by atoms with Crippen LogP contribution >= 0.6 is 23.2 Å². The van der Waals surface area contributed by atoms with E-state index in [0.29, 0.717) is 0 Å². The number of hydrogen-bond acceptors (Lipinski definition) is 3. The van der Waals surface area contributed by atoms with E-state index in [2.05, 4.69) is 4.74 Å². The lowest BCUT2D eigenvalue weighted by Gasteiger charge is -2.26. The lowest BCUT2D eigenvalue weighted by molar-refractivity contribution is -0.409. The number of rotatable bonds is 12. The number of hydrogen-bond donors (Lipinski definition) is 0. The van der Waals surface area contributed by atoms with E-state index in [1.54, 1.807) is 0 Å². The van der Waals surface area contributed by atoms with E-state index in [0.717, 1.165) is 0 Å². The molecule has 0 fully saturated rings. The van der Waals surface area contributed by atoms with Crippen LogP contribution in [-0.4, -0.2) is 53.8 Å². The van der Waals surface area contributed by atoms with Crippen molar-refractivity contribution in [3.8, 4) is 0 Å². The lowest BCUT2D eigenvalue weighted by atomic mass is 10.0. The van der Waals surface area contributed by atoms with Crippen LogP contribution in [0.15, 0.2) is 0 Å². The van der Waals surface area contributed by atoms with Crippen LogP contribution in [0.1, 0.15) is 38.5 Å². The van der Waals surface area contributed by atoms with Crippen molar-refractivity contribution in [3.63, 3.8) is 0 Å². The highest BCUT2D eigenvalue weighted by atomic mass is 35.5. The Kier molecular flexibility index (Phi) is 13.6. The molecule has 0 atom stereocenters. The summed E-state index contributed by atoms with van der Waals surface area (Å²) in [6.07, 6.45) is -18.5. The van der Waals surface area contributed by atoms with Gasteiger partial charge in [-0.15, -0.1) is 36.4 Å². The van der Waals surface area contributed by atoms with Crippen LogP contribution in [0.25, 0.3) is 0 Å². The van der Waals surface area contributed by atoms with E-state index in [4.69, 9.17) is 23.2 Å². The summed E-state index contributed by atoms with van der Waals surface area (Å²) >= 11 is 10.3. The number of Topliss-reactive ketones (excluding diaryl/α,β-unsaturated/α-hetero) is 2. The third-order valence-corrected chi connectivity index (χ3v) is 3.78. The first-order chi connectivity index (χ1) is 14.2. The molecule has 0 bridgehead atoms. The number of unbranched alkanes of at least 4 members (excludes halogenated alkanes) is 2. The van der Waals surface area contributed by atoms with Gasteiger partial charge in [-0.1, -0.05) is 0 Å². The topological polar surface area (TPSA) is 43.4 Å². The number of alkyl halides is 14. The van der Waals surface area contributed by atoms with E-state index in [-0.39, 0.29) is 37.4 Å². The van der Waals surface area contributed by atoms with Crippen LogP contribution < -0.4 is 0 Å². The molecule has 0 aromatic carbocycles. The van der Waals surface area contributed by atoms with Gasteiger partial charge in [-0.3, -0.25) is 9.59 Å². The van der Waals surface area contributed by atoms with Crippen LogP contribution in [0.4, 0.5) is 52.7 Å². The molecule has 3 nitrogen and oxygen atoms in total. The smallest absolute Gasteiger partial charge is 0.293 e. The number of carbonyl (C=O) groups excluding carboxylic acids is 2. The molecule has 0 N–H and O–H groups in total. The van der Waals surface area contributed by atoms with Crippen molar-refractivity contribution in [3.05, 3.63) is 0 Å². The summed E-state index contributed by atoms with van der Waals surface area (Å²) in [6.45, 7) is 0. The zero-order chi connectivity index (χ0) is 26.0. The summed E-state index contributed by atoms with van der Waals surface area (Å²) in [7, 11) is 0. The molecule has 0 aliphatic carbocycles. The number of ether oxygens (including phenoxy) is 1. The fourth-order valence-electron chi connectivity index (χ4n) is 1.62. The second kappa shape index (κ2) is 13.1. The third kappa shape index (κ3) is 11.3. The maximum Gasteiger partial charge on any atom is 0.527 e. The fourth-order valence-corrected chi connectivity index (χ4v) is 2.00. The Morgan fingerprint density at radius 3 is 1.31 bits per heavy atom. The molecule has 192 valence electrons. The Balaban J connectivity index is 0. The summed E-state index contributed by atoms with van der Waals surface area (Å²) in [6, 6.07) is 0. The van der Waals surface area contributed by atoms with Gasteiger partial charge in [-0.05, 0) is 25.7 Å². The van der Waals surface area contributed by atoms with E-state index < -0.39 is 54.9 Å². The Morgan fingerprint density at radius 2 is 1.00 bits per heavy atom. The van der Waals surface area contributed by atoms with Crippen molar-refractivity contribution in [2.24, 2.45) is 0 Å². The zero-order valence-electron chi connectivity index (χ0n) is 15.7. The monoisotopic (exact) mass is 542 g/mol. The molecule has 0 amide bonds. The number of ketones is 2. The van der Waals surface area contributed by atoms with Gasteiger partial charge in [0.2, 0.25) is 11.6 Å². The largest absolute Gasteiger partial charge is 0.527 e. The van der Waals surface area contributed by atoms with Gasteiger partial charge in [-0.2, -0.15) is 39.5 Å². The van der Waals surface area contributed by atoms with Gasteiger partial charge in [0.1, 0.15) is 0 Å². The Labute approximate surface area is 183 Å². The molecular weight excluding hydrogens is 527 g/mol. The molecule has 0 unspecified atom stereocenters. The predicted molar refractivity (Wildman–Crippen MR) is 87.2 cm³/mol. The minimum Gasteiger partial charge on any atom is -0.293 e. The number of halogens is 14. The molecule has 0 radical (unpaired) electrons. The van der Waals surface area contributed by atoms with Crippen molar-refractivity contribution in [1.82, 2.24) is 0 Å². The van der Waals surface area contributed by atoms with Crippen LogP contribution in [0.3, 0.4) is 0 Å². The average Bonchev–Trinajstić information content (AvgIpc) is 2.59. The van der Waals surface area contributed by atoms with Crippen LogP contribution in [0.5, 0.6) is 0 Å². The van der Waals surface area contributed by atoms with Crippen molar-refractivity contribution in [1.29, 1.82) is 0 Å². The van der Waals surface area contributed by atoms with Gasteiger partial charge in [0.05, 0.1) is 0 Å². The molecular formula is C15H16Cl2F12O3. The molecule has 0 aromatic rings. The first kappa shape index (κ1) is 33.2. The minimum absolute atomic E-state index is 0.000853. The van der Waals surface area contributed by atoms with Crippen LogP contribution in [0.2, 0.25) is 0 Å². The van der Waals surface area contributed by atoms with Crippen molar-refractivity contribution >= 4 is 34.8 Å². The highest BCUT2D eigenvalue weighted by molar-refractivity contribution is 6.18. The highest BCUT2D eigenvalue weighted by Gasteiger charge is 2.75. The Morgan fingerprint density at radius 1 is 0.625 bits per heavy atom. The molecule has 0 aliphatic heterocycles. The van der Waals surface area contributed by atoms with Crippen molar-refractivity contribution in [2.45, 2.75) is 69.0 Å². The molecule has 17 heteroatoms. The molecule has 32 heavy (non-hydrogen) atoms. The average molecular weight is 543 g/mol. The van der Waals surface area contributed by atoms with Crippen LogP contribution in [0, 0.1) is 0 Å². The molecule has 0 spiro atoms. The summed E-state index contributed by atoms with van der Waals surface area (Å²) < 4.78 is 147. The zero-order valence-corrected chi connectivity index (χ0v) is 17.2. The molecule has 0 saturated carbocycles. The quantitative estimate of drug-likeness (QED) is 0.153. The molecule has 0 rings (SSSR count). The Bertz CT molecular complexity index is 591. The summed E-state index contributed by atoms with van der Waals surface area (Å²) in [5, 5.41) is 0. The molecule has 0 aliphatic rings. The minimum atomic E-state index is -6.47. The SMILES string of the molecule is O=C(CCCCCl)C(F)(F)C(F)(F)C(F)(F)F.O=C(CCCCCl)C(F)(F)OC(F)(F)F. The second-order valence-corrected chi connectivity index (χ2v) is 6.61. The van der Waals surface area contributed by atoms with Gasteiger partial charge in [0.15, 0.2) is 0 Å². The standard InChI is InChI=1S/C8H8ClF7O.C7H8ClF5O2/c9-4-2-1-3-5(17)6(10,11)7(12,13)8(14,15)16;8-4-2-1-3-5(14)6(9,10)15-7(11,12)13/h1-4H2;1-4H2. The van der Waals surface area contributed by atoms with E-state index >= 15 is 0 Å². The molecule has 0 aromatic heterocycles. The highest BCUT2D eigenvalue weighted by Crippen LogP contribution is 2.47. The maximum absolute atomic E-state index is 12.7. The molecule has 0 heterocycles. The van der Waals surface area contributed by atoms with E-state index in [1.807, 2.05) is 0 Å². The number of carbonyl (C=O) groups is 2. The Hall–Kier alpha value is -0.960. The van der Waals surface area contributed by atoms with E-state index in [9.17, 15) is 62.3 Å². The van der Waals surface area contributed by atoms with Gasteiger partial charge in [0, 0.05) is 24.6 Å². The normalized spacial score (nSPS) is 13.4. The first-order valence-electron chi connectivity index (χ1n) is 8.33. The maximum atomic E-state index is 12.7.